The second kappa shape index (κ2) is 6.59. The Morgan fingerprint density at radius 2 is 2.16 bits per heavy atom. The van der Waals surface area contributed by atoms with Gasteiger partial charge in [-0.2, -0.15) is 4.98 Å². The maximum Gasteiger partial charge on any atom is 0.251 e. The summed E-state index contributed by atoms with van der Waals surface area (Å²) < 4.78 is 10.8. The molecule has 1 aromatic heterocycles. The van der Waals surface area contributed by atoms with Gasteiger partial charge in [-0.3, -0.25) is 4.79 Å². The lowest BCUT2D eigenvalue weighted by Crippen LogP contribution is -2.44. The topological polar surface area (TPSA) is 68.5 Å². The third-order valence-electron chi connectivity index (χ3n) is 4.72. The minimum atomic E-state index is -0.322. The van der Waals surface area contributed by atoms with Crippen LogP contribution in [-0.2, 0) is 9.53 Å². The van der Waals surface area contributed by atoms with Gasteiger partial charge in [0.15, 0.2) is 5.82 Å². The monoisotopic (exact) mass is 381 g/mol. The van der Waals surface area contributed by atoms with E-state index in [0.29, 0.717) is 41.5 Å². The quantitative estimate of drug-likeness (QED) is 0.814. The highest BCUT2D eigenvalue weighted by Gasteiger charge is 2.48. The Balaban J connectivity index is 1.51. The summed E-state index contributed by atoms with van der Waals surface area (Å²) >= 11 is 12.1. The lowest BCUT2D eigenvalue weighted by atomic mass is 10.1. The van der Waals surface area contributed by atoms with Crippen LogP contribution in [0, 0.1) is 12.8 Å². The van der Waals surface area contributed by atoms with Crippen molar-refractivity contribution in [3.63, 3.8) is 0 Å². The fourth-order valence-electron chi connectivity index (χ4n) is 3.31. The van der Waals surface area contributed by atoms with Crippen LogP contribution in [0.2, 0.25) is 10.0 Å². The lowest BCUT2D eigenvalue weighted by Gasteiger charge is -2.33. The van der Waals surface area contributed by atoms with E-state index in [0.717, 1.165) is 12.0 Å². The molecule has 25 heavy (non-hydrogen) atoms. The lowest BCUT2D eigenvalue weighted by molar-refractivity contribution is -0.142. The van der Waals surface area contributed by atoms with Crippen LogP contribution in [0.4, 0.5) is 0 Å². The van der Waals surface area contributed by atoms with Gasteiger partial charge in [-0.05, 0) is 37.0 Å². The van der Waals surface area contributed by atoms with Crippen molar-refractivity contribution in [2.45, 2.75) is 25.3 Å². The van der Waals surface area contributed by atoms with Crippen LogP contribution < -0.4 is 0 Å². The zero-order valence-corrected chi connectivity index (χ0v) is 15.1. The molecule has 0 unspecified atom stereocenters. The first kappa shape index (κ1) is 16.8. The molecule has 132 valence electrons. The number of carbonyl (C=O) groups excluding carboxylic acids is 1. The molecule has 0 spiro atoms. The molecular formula is C17H17Cl2N3O3. The van der Waals surface area contributed by atoms with E-state index >= 15 is 0 Å². The van der Waals surface area contributed by atoms with E-state index < -0.39 is 0 Å². The number of carbonyl (C=O) groups is 1. The van der Waals surface area contributed by atoms with E-state index in [-0.39, 0.29) is 23.8 Å². The molecule has 1 amide bonds. The summed E-state index contributed by atoms with van der Waals surface area (Å²) in [6.45, 7) is 3.16. The number of halogens is 2. The van der Waals surface area contributed by atoms with Crippen LogP contribution in [-0.4, -0.2) is 40.7 Å². The minimum absolute atomic E-state index is 0.0538. The van der Waals surface area contributed by atoms with Gasteiger partial charge in [0.05, 0.1) is 23.3 Å². The number of rotatable bonds is 3. The number of morpholine rings is 1. The Bertz CT molecular complexity index is 810. The summed E-state index contributed by atoms with van der Waals surface area (Å²) in [6, 6.07) is 5.24. The van der Waals surface area contributed by atoms with Crippen molar-refractivity contribution in [2.24, 2.45) is 5.92 Å². The summed E-state index contributed by atoms with van der Waals surface area (Å²) in [7, 11) is 0. The Kier molecular flexibility index (Phi) is 4.43. The van der Waals surface area contributed by atoms with E-state index in [1.165, 1.54) is 0 Å². The SMILES string of the molecule is Cc1noc([C@@H]2COCCN2C(=O)[C@H]2C[C@@H]2c2ccc(Cl)c(Cl)c2)n1. The van der Waals surface area contributed by atoms with Crippen LogP contribution >= 0.6 is 23.2 Å². The molecule has 0 radical (unpaired) electrons. The molecule has 3 atom stereocenters. The highest BCUT2D eigenvalue weighted by molar-refractivity contribution is 6.42. The molecule has 2 fully saturated rings. The zero-order valence-electron chi connectivity index (χ0n) is 13.6. The first-order valence-corrected chi connectivity index (χ1v) is 8.93. The normalized spacial score (nSPS) is 25.9. The van der Waals surface area contributed by atoms with Gasteiger partial charge in [0.1, 0.15) is 6.04 Å². The molecule has 1 aliphatic heterocycles. The zero-order chi connectivity index (χ0) is 17.6. The van der Waals surface area contributed by atoms with Gasteiger partial charge in [0.25, 0.3) is 5.89 Å². The van der Waals surface area contributed by atoms with Crippen LogP contribution in [0.15, 0.2) is 22.7 Å². The number of amides is 1. The molecule has 8 heteroatoms. The molecule has 1 aromatic carbocycles. The molecule has 2 heterocycles. The average Bonchev–Trinajstić information content (AvgIpc) is 3.30. The Morgan fingerprint density at radius 1 is 1.32 bits per heavy atom. The standard InChI is InChI=1S/C17H17Cl2N3O3/c1-9-20-16(25-21-9)15-8-24-5-4-22(15)17(23)12-7-11(12)10-2-3-13(18)14(19)6-10/h2-3,6,11-12,15H,4-5,7-8H2,1H3/t11-,12+,15+/m1/s1. The average molecular weight is 382 g/mol. The second-order valence-electron chi connectivity index (χ2n) is 6.42. The minimum Gasteiger partial charge on any atom is -0.377 e. The summed E-state index contributed by atoms with van der Waals surface area (Å²) in [5.41, 5.74) is 1.05. The van der Waals surface area contributed by atoms with Gasteiger partial charge in [0, 0.05) is 12.5 Å². The van der Waals surface area contributed by atoms with Crippen LogP contribution in [0.5, 0.6) is 0 Å². The predicted molar refractivity (Wildman–Crippen MR) is 91.6 cm³/mol. The van der Waals surface area contributed by atoms with Crippen LogP contribution in [0.1, 0.15) is 35.7 Å². The molecular weight excluding hydrogens is 365 g/mol. The molecule has 6 nitrogen and oxygen atoms in total. The van der Waals surface area contributed by atoms with E-state index in [1.54, 1.807) is 17.9 Å². The van der Waals surface area contributed by atoms with Crippen molar-refractivity contribution in [3.8, 4) is 0 Å². The third kappa shape index (κ3) is 3.26. The van der Waals surface area contributed by atoms with E-state index in [1.807, 2.05) is 12.1 Å². The van der Waals surface area contributed by atoms with Gasteiger partial charge < -0.3 is 14.2 Å². The van der Waals surface area contributed by atoms with Crippen molar-refractivity contribution in [1.29, 1.82) is 0 Å². The highest BCUT2D eigenvalue weighted by atomic mass is 35.5. The van der Waals surface area contributed by atoms with Crippen molar-refractivity contribution in [1.82, 2.24) is 15.0 Å². The van der Waals surface area contributed by atoms with Crippen molar-refractivity contribution >= 4 is 29.1 Å². The summed E-state index contributed by atoms with van der Waals surface area (Å²) in [6.07, 6.45) is 0.809. The largest absolute Gasteiger partial charge is 0.377 e. The number of hydrogen-bond donors (Lipinski definition) is 0. The number of aromatic nitrogens is 2. The number of ether oxygens (including phenoxy) is 1. The highest BCUT2D eigenvalue weighted by Crippen LogP contribution is 2.50. The van der Waals surface area contributed by atoms with E-state index in [9.17, 15) is 4.79 Å². The Labute approximate surface area is 155 Å². The van der Waals surface area contributed by atoms with Gasteiger partial charge in [0.2, 0.25) is 5.91 Å². The molecule has 4 rings (SSSR count). The molecule has 2 aromatic rings. The number of aryl methyl sites for hydroxylation is 1. The molecule has 1 saturated carbocycles. The van der Waals surface area contributed by atoms with Crippen molar-refractivity contribution < 1.29 is 14.1 Å². The van der Waals surface area contributed by atoms with Gasteiger partial charge in [-0.1, -0.05) is 34.4 Å². The maximum atomic E-state index is 13.0. The van der Waals surface area contributed by atoms with Crippen molar-refractivity contribution in [3.05, 3.63) is 45.5 Å². The number of nitrogens with zero attached hydrogens (tertiary/aromatic N) is 3. The summed E-state index contributed by atoms with van der Waals surface area (Å²) in [5, 5.41) is 4.86. The molecule has 0 N–H and O–H groups in total. The van der Waals surface area contributed by atoms with E-state index in [2.05, 4.69) is 10.1 Å². The third-order valence-corrected chi connectivity index (χ3v) is 5.46. The second-order valence-corrected chi connectivity index (χ2v) is 7.24. The smallest absolute Gasteiger partial charge is 0.251 e. The number of benzene rings is 1. The van der Waals surface area contributed by atoms with Gasteiger partial charge in [-0.25, -0.2) is 0 Å². The van der Waals surface area contributed by atoms with E-state index in [4.69, 9.17) is 32.5 Å². The van der Waals surface area contributed by atoms with Crippen LogP contribution in [0.25, 0.3) is 0 Å². The fraction of sp³-hybridized carbons (Fsp3) is 0.471. The van der Waals surface area contributed by atoms with Crippen molar-refractivity contribution in [2.75, 3.05) is 19.8 Å². The first-order chi connectivity index (χ1) is 12.0. The summed E-state index contributed by atoms with van der Waals surface area (Å²) in [5.74, 6) is 1.20. The molecule has 0 bridgehead atoms. The number of hydrogen-bond acceptors (Lipinski definition) is 5. The van der Waals surface area contributed by atoms with Gasteiger partial charge in [-0.15, -0.1) is 0 Å². The predicted octanol–water partition coefficient (Wildman–Crippen LogP) is 3.39. The molecule has 1 aliphatic carbocycles. The fourth-order valence-corrected chi connectivity index (χ4v) is 3.62. The Hall–Kier alpha value is -1.63. The summed E-state index contributed by atoms with van der Waals surface area (Å²) in [4.78, 5) is 19.1. The van der Waals surface area contributed by atoms with Crippen LogP contribution in [0.3, 0.4) is 0 Å². The Morgan fingerprint density at radius 3 is 2.88 bits per heavy atom. The molecule has 1 saturated heterocycles. The molecule has 2 aliphatic rings. The first-order valence-electron chi connectivity index (χ1n) is 8.18. The van der Waals surface area contributed by atoms with Gasteiger partial charge >= 0.3 is 0 Å². The maximum absolute atomic E-state index is 13.0.